The van der Waals surface area contributed by atoms with Gasteiger partial charge in [-0.05, 0) is 44.3 Å². The topological polar surface area (TPSA) is 20.3 Å². The molecule has 102 valence electrons. The minimum Gasteiger partial charge on any atom is -0.299 e. The standard InChI is InChI=1S/C17H23NO/c19-17(15-5-1-2-6-15)16-9-7-14(8-10-16)13-18-11-3-4-12-18/h7-10,15H,1-6,11-13H2. The molecule has 19 heavy (non-hydrogen) atoms. The van der Waals surface area contributed by atoms with E-state index < -0.39 is 0 Å². The van der Waals surface area contributed by atoms with Gasteiger partial charge in [-0.25, -0.2) is 0 Å². The molecular formula is C17H23NO. The van der Waals surface area contributed by atoms with E-state index in [0.717, 1.165) is 24.9 Å². The van der Waals surface area contributed by atoms with E-state index in [1.807, 2.05) is 12.1 Å². The molecular weight excluding hydrogens is 234 g/mol. The summed E-state index contributed by atoms with van der Waals surface area (Å²) in [6.07, 6.45) is 7.30. The number of carbonyl (C=O) groups excluding carboxylic acids is 1. The van der Waals surface area contributed by atoms with Crippen molar-refractivity contribution in [2.75, 3.05) is 13.1 Å². The van der Waals surface area contributed by atoms with Crippen LogP contribution in [-0.4, -0.2) is 23.8 Å². The summed E-state index contributed by atoms with van der Waals surface area (Å²) < 4.78 is 0. The fourth-order valence-corrected chi connectivity index (χ4v) is 3.40. The fraction of sp³-hybridized carbons (Fsp3) is 0.588. The molecule has 2 heteroatoms. The zero-order chi connectivity index (χ0) is 13.1. The summed E-state index contributed by atoms with van der Waals surface area (Å²) in [7, 11) is 0. The molecule has 0 spiro atoms. The minimum absolute atomic E-state index is 0.296. The molecule has 0 atom stereocenters. The predicted octanol–water partition coefficient (Wildman–Crippen LogP) is 3.66. The number of rotatable bonds is 4. The summed E-state index contributed by atoms with van der Waals surface area (Å²) in [5, 5.41) is 0. The molecule has 3 rings (SSSR count). The maximum atomic E-state index is 12.3. The van der Waals surface area contributed by atoms with Crippen LogP contribution in [0.1, 0.15) is 54.4 Å². The maximum Gasteiger partial charge on any atom is 0.165 e. The van der Waals surface area contributed by atoms with Gasteiger partial charge in [0.15, 0.2) is 5.78 Å². The van der Waals surface area contributed by atoms with Crippen LogP contribution in [0.5, 0.6) is 0 Å². The Morgan fingerprint density at radius 1 is 1.00 bits per heavy atom. The van der Waals surface area contributed by atoms with Crippen molar-refractivity contribution in [1.82, 2.24) is 4.90 Å². The van der Waals surface area contributed by atoms with Crippen LogP contribution >= 0.6 is 0 Å². The van der Waals surface area contributed by atoms with Gasteiger partial charge in [-0.3, -0.25) is 9.69 Å². The third kappa shape index (κ3) is 3.06. The van der Waals surface area contributed by atoms with Crippen molar-refractivity contribution < 1.29 is 4.79 Å². The molecule has 0 aromatic heterocycles. The van der Waals surface area contributed by atoms with Crippen LogP contribution in [0, 0.1) is 5.92 Å². The number of hydrogen-bond donors (Lipinski definition) is 0. The van der Waals surface area contributed by atoms with E-state index in [2.05, 4.69) is 17.0 Å². The van der Waals surface area contributed by atoms with E-state index in [1.54, 1.807) is 0 Å². The lowest BCUT2D eigenvalue weighted by molar-refractivity contribution is 0.0923. The number of benzene rings is 1. The van der Waals surface area contributed by atoms with Crippen molar-refractivity contribution in [1.29, 1.82) is 0 Å². The Labute approximate surface area is 115 Å². The Morgan fingerprint density at radius 3 is 2.26 bits per heavy atom. The lowest BCUT2D eigenvalue weighted by Crippen LogP contribution is -2.18. The van der Waals surface area contributed by atoms with Crippen LogP contribution < -0.4 is 0 Å². The number of nitrogens with zero attached hydrogens (tertiary/aromatic N) is 1. The Hall–Kier alpha value is -1.15. The SMILES string of the molecule is O=C(c1ccc(CN2CCCC2)cc1)C1CCCC1. The highest BCUT2D eigenvalue weighted by Gasteiger charge is 2.23. The van der Waals surface area contributed by atoms with Gasteiger partial charge in [0, 0.05) is 18.0 Å². The first kappa shape index (κ1) is 12.9. The van der Waals surface area contributed by atoms with Crippen LogP contribution in [-0.2, 0) is 6.54 Å². The fourth-order valence-electron chi connectivity index (χ4n) is 3.40. The van der Waals surface area contributed by atoms with Crippen molar-refractivity contribution in [2.45, 2.75) is 45.1 Å². The number of Topliss-reactive ketones (excluding diaryl/α,β-unsaturated/α-hetero) is 1. The maximum absolute atomic E-state index is 12.3. The molecule has 2 aliphatic rings. The molecule has 1 aromatic carbocycles. The van der Waals surface area contributed by atoms with Crippen LogP contribution in [0.2, 0.25) is 0 Å². The summed E-state index contributed by atoms with van der Waals surface area (Å²) in [6, 6.07) is 8.35. The molecule has 0 N–H and O–H groups in total. The number of ketones is 1. The van der Waals surface area contributed by atoms with Crippen molar-refractivity contribution in [3.05, 3.63) is 35.4 Å². The zero-order valence-electron chi connectivity index (χ0n) is 11.6. The molecule has 1 aliphatic carbocycles. The molecule has 0 bridgehead atoms. The largest absolute Gasteiger partial charge is 0.299 e. The van der Waals surface area contributed by atoms with Gasteiger partial charge in [0.1, 0.15) is 0 Å². The Balaban J connectivity index is 1.62. The third-order valence-corrected chi connectivity index (χ3v) is 4.57. The first-order chi connectivity index (χ1) is 9.33. The molecule has 1 heterocycles. The second kappa shape index (κ2) is 5.87. The monoisotopic (exact) mass is 257 g/mol. The quantitative estimate of drug-likeness (QED) is 0.767. The summed E-state index contributed by atoms with van der Waals surface area (Å²) in [4.78, 5) is 14.8. The molecule has 1 saturated heterocycles. The average molecular weight is 257 g/mol. The lowest BCUT2D eigenvalue weighted by Gasteiger charge is -2.15. The van der Waals surface area contributed by atoms with E-state index >= 15 is 0 Å². The van der Waals surface area contributed by atoms with E-state index in [-0.39, 0.29) is 0 Å². The highest BCUT2D eigenvalue weighted by atomic mass is 16.1. The normalized spacial score (nSPS) is 21.1. The van der Waals surface area contributed by atoms with Gasteiger partial charge < -0.3 is 0 Å². The van der Waals surface area contributed by atoms with Gasteiger partial charge in [-0.2, -0.15) is 0 Å². The molecule has 1 saturated carbocycles. The molecule has 0 amide bonds. The van der Waals surface area contributed by atoms with Crippen molar-refractivity contribution in [2.24, 2.45) is 5.92 Å². The van der Waals surface area contributed by atoms with Gasteiger partial charge in [-0.15, -0.1) is 0 Å². The number of carbonyl (C=O) groups is 1. The lowest BCUT2D eigenvalue weighted by atomic mass is 9.95. The Kier molecular flexibility index (Phi) is 3.97. The zero-order valence-corrected chi connectivity index (χ0v) is 11.6. The first-order valence-electron chi connectivity index (χ1n) is 7.68. The van der Waals surface area contributed by atoms with Gasteiger partial charge >= 0.3 is 0 Å². The van der Waals surface area contributed by atoms with Crippen LogP contribution in [0.15, 0.2) is 24.3 Å². The van der Waals surface area contributed by atoms with Gasteiger partial charge in [-0.1, -0.05) is 37.1 Å². The number of likely N-dealkylation sites (tertiary alicyclic amines) is 1. The highest BCUT2D eigenvalue weighted by Crippen LogP contribution is 2.28. The van der Waals surface area contributed by atoms with Crippen LogP contribution in [0.3, 0.4) is 0 Å². The van der Waals surface area contributed by atoms with Gasteiger partial charge in [0.2, 0.25) is 0 Å². The summed E-state index contributed by atoms with van der Waals surface area (Å²) in [5.74, 6) is 0.662. The second-order valence-electron chi connectivity index (χ2n) is 6.03. The van der Waals surface area contributed by atoms with Crippen LogP contribution in [0.25, 0.3) is 0 Å². The summed E-state index contributed by atoms with van der Waals surface area (Å²) in [5.41, 5.74) is 2.25. The Morgan fingerprint density at radius 2 is 1.63 bits per heavy atom. The van der Waals surface area contributed by atoms with E-state index in [4.69, 9.17) is 0 Å². The minimum atomic E-state index is 0.296. The van der Waals surface area contributed by atoms with Crippen molar-refractivity contribution >= 4 is 5.78 Å². The van der Waals surface area contributed by atoms with E-state index in [0.29, 0.717) is 11.7 Å². The predicted molar refractivity (Wildman–Crippen MR) is 77.2 cm³/mol. The molecule has 1 aliphatic heterocycles. The van der Waals surface area contributed by atoms with Gasteiger partial charge in [0.05, 0.1) is 0 Å². The summed E-state index contributed by atoms with van der Waals surface area (Å²) >= 11 is 0. The average Bonchev–Trinajstić information content (AvgIpc) is 3.12. The Bertz CT molecular complexity index is 425. The molecule has 2 fully saturated rings. The molecule has 2 nitrogen and oxygen atoms in total. The third-order valence-electron chi connectivity index (χ3n) is 4.57. The number of hydrogen-bond acceptors (Lipinski definition) is 2. The van der Waals surface area contributed by atoms with Gasteiger partial charge in [0.25, 0.3) is 0 Å². The summed E-state index contributed by atoms with van der Waals surface area (Å²) in [6.45, 7) is 3.49. The van der Waals surface area contributed by atoms with Crippen molar-refractivity contribution in [3.8, 4) is 0 Å². The highest BCUT2D eigenvalue weighted by molar-refractivity contribution is 5.98. The second-order valence-corrected chi connectivity index (χ2v) is 6.03. The molecule has 1 aromatic rings. The van der Waals surface area contributed by atoms with Crippen LogP contribution in [0.4, 0.5) is 0 Å². The molecule has 0 unspecified atom stereocenters. The van der Waals surface area contributed by atoms with E-state index in [1.165, 1.54) is 44.3 Å². The van der Waals surface area contributed by atoms with Crippen molar-refractivity contribution in [3.63, 3.8) is 0 Å². The molecule has 0 radical (unpaired) electrons. The smallest absolute Gasteiger partial charge is 0.165 e. The van der Waals surface area contributed by atoms with E-state index in [9.17, 15) is 4.79 Å². The first-order valence-corrected chi connectivity index (χ1v) is 7.68.